The minimum absolute atomic E-state index is 0.0765. The Bertz CT molecular complexity index is 1720. The predicted molar refractivity (Wildman–Crippen MR) is 133 cm³/mol. The molecule has 182 valence electrons. The van der Waals surface area contributed by atoms with Crippen molar-refractivity contribution < 1.29 is 9.15 Å². The molecule has 5 aromatic rings. The topological polar surface area (TPSA) is 117 Å². The molecule has 10 heteroatoms. The first-order valence-corrected chi connectivity index (χ1v) is 12.0. The van der Waals surface area contributed by atoms with E-state index in [1.807, 2.05) is 32.6 Å². The van der Waals surface area contributed by atoms with Crippen molar-refractivity contribution in [3.05, 3.63) is 53.0 Å². The van der Waals surface area contributed by atoms with Gasteiger partial charge >= 0.3 is 5.69 Å². The van der Waals surface area contributed by atoms with Gasteiger partial charge in [-0.25, -0.2) is 4.79 Å². The van der Waals surface area contributed by atoms with Gasteiger partial charge in [0.1, 0.15) is 16.8 Å². The Morgan fingerprint density at radius 1 is 1.14 bits per heavy atom. The minimum atomic E-state index is -0.335. The Morgan fingerprint density at radius 3 is 2.56 bits per heavy atom. The average molecular weight is 484 g/mol. The minimum Gasteiger partial charge on any atom is -0.452 e. The molecule has 2 unspecified atom stereocenters. The zero-order valence-corrected chi connectivity index (χ0v) is 20.3. The first-order valence-electron chi connectivity index (χ1n) is 12.0. The first-order chi connectivity index (χ1) is 17.5. The Kier molecular flexibility index (Phi) is 5.23. The van der Waals surface area contributed by atoms with Gasteiger partial charge in [0.15, 0.2) is 5.58 Å². The van der Waals surface area contributed by atoms with Crippen LogP contribution in [0.15, 0.2) is 46.1 Å². The number of aryl methyl sites for hydroxylation is 2. The van der Waals surface area contributed by atoms with E-state index >= 15 is 0 Å². The molecule has 1 aliphatic heterocycles. The summed E-state index contributed by atoms with van der Waals surface area (Å²) in [5.41, 5.74) is 4.53. The number of hydrogen-bond donors (Lipinski definition) is 0. The zero-order chi connectivity index (χ0) is 25.0. The molecule has 1 aliphatic rings. The number of ether oxygens (including phenoxy) is 1. The van der Waals surface area contributed by atoms with Crippen LogP contribution in [-0.2, 0) is 18.8 Å². The summed E-state index contributed by atoms with van der Waals surface area (Å²) < 4.78 is 17.4. The molecule has 5 heterocycles. The van der Waals surface area contributed by atoms with Crippen LogP contribution in [-0.4, -0.2) is 41.8 Å². The Labute approximate surface area is 206 Å². The smallest absolute Gasteiger partial charge is 0.349 e. The van der Waals surface area contributed by atoms with E-state index in [0.29, 0.717) is 46.5 Å². The summed E-state index contributed by atoms with van der Waals surface area (Å²) in [6.07, 6.45) is 9.45. The van der Waals surface area contributed by atoms with E-state index in [4.69, 9.17) is 9.15 Å². The maximum absolute atomic E-state index is 13.6. The van der Waals surface area contributed by atoms with Gasteiger partial charge in [-0.3, -0.25) is 13.9 Å². The van der Waals surface area contributed by atoms with E-state index < -0.39 is 0 Å². The molecular formula is C26H25N7O3. The highest BCUT2D eigenvalue weighted by atomic mass is 16.5. The van der Waals surface area contributed by atoms with Crippen LogP contribution in [0.3, 0.4) is 0 Å². The van der Waals surface area contributed by atoms with E-state index in [9.17, 15) is 10.1 Å². The van der Waals surface area contributed by atoms with E-state index in [0.717, 1.165) is 29.4 Å². The summed E-state index contributed by atoms with van der Waals surface area (Å²) in [5, 5.41) is 19.2. The molecule has 10 nitrogen and oxygen atoms in total. The number of benzene rings is 1. The molecule has 0 amide bonds. The number of furan rings is 1. The Morgan fingerprint density at radius 2 is 1.89 bits per heavy atom. The Balaban J connectivity index is 1.69. The summed E-state index contributed by atoms with van der Waals surface area (Å²) in [6.45, 7) is 2.67. The summed E-state index contributed by atoms with van der Waals surface area (Å²) in [4.78, 5) is 18.1. The van der Waals surface area contributed by atoms with Crippen LogP contribution in [0.2, 0.25) is 0 Å². The fourth-order valence-corrected chi connectivity index (χ4v) is 5.17. The van der Waals surface area contributed by atoms with Crippen LogP contribution >= 0.6 is 0 Å². The van der Waals surface area contributed by atoms with Gasteiger partial charge in [0.25, 0.3) is 0 Å². The molecule has 0 spiro atoms. The number of nitrogens with zero attached hydrogens (tertiary/aromatic N) is 7. The highest BCUT2D eigenvalue weighted by Gasteiger charge is 2.29. The monoisotopic (exact) mass is 483 g/mol. The quantitative estimate of drug-likeness (QED) is 0.380. The van der Waals surface area contributed by atoms with Gasteiger partial charge in [-0.05, 0) is 31.4 Å². The van der Waals surface area contributed by atoms with Crippen molar-refractivity contribution >= 4 is 22.1 Å². The zero-order valence-electron chi connectivity index (χ0n) is 20.3. The van der Waals surface area contributed by atoms with Crippen LogP contribution in [0.25, 0.3) is 44.5 Å². The molecule has 0 bridgehead atoms. The molecule has 4 aromatic heterocycles. The van der Waals surface area contributed by atoms with Gasteiger partial charge in [0, 0.05) is 61.2 Å². The molecule has 0 radical (unpaired) electrons. The standard InChI is InChI=1S/C26H25N7O3/c1-4-19-8-18(5-6-35-19)33-24-21-9-20(16-11-28-31(2)13-16)15(10-27)7-22(21)36-25(24)23(30-26(33)34)17-12-29-32(3)14-17/h7,9,11-14,18-19H,4-6,8H2,1-3H3. The highest BCUT2D eigenvalue weighted by molar-refractivity contribution is 6.08. The molecule has 1 fully saturated rings. The number of rotatable bonds is 4. The number of fused-ring (bicyclic) bond motifs is 3. The maximum Gasteiger partial charge on any atom is 0.349 e. The maximum atomic E-state index is 13.6. The average Bonchev–Trinajstić information content (AvgIpc) is 3.61. The van der Waals surface area contributed by atoms with Crippen molar-refractivity contribution in [2.75, 3.05) is 6.61 Å². The molecule has 36 heavy (non-hydrogen) atoms. The molecule has 2 atom stereocenters. The lowest BCUT2D eigenvalue weighted by atomic mass is 9.99. The lowest BCUT2D eigenvalue weighted by Gasteiger charge is -2.30. The normalized spacial score (nSPS) is 18.2. The lowest BCUT2D eigenvalue weighted by Crippen LogP contribution is -2.34. The van der Waals surface area contributed by atoms with Crippen LogP contribution in [0.5, 0.6) is 0 Å². The second kappa shape index (κ2) is 8.46. The van der Waals surface area contributed by atoms with Crippen LogP contribution in [0.1, 0.15) is 37.8 Å². The van der Waals surface area contributed by atoms with Crippen molar-refractivity contribution in [3.63, 3.8) is 0 Å². The number of aromatic nitrogens is 6. The van der Waals surface area contributed by atoms with E-state index in [2.05, 4.69) is 28.2 Å². The van der Waals surface area contributed by atoms with E-state index in [1.165, 1.54) is 0 Å². The van der Waals surface area contributed by atoms with Crippen LogP contribution in [0.4, 0.5) is 0 Å². The second-order valence-electron chi connectivity index (χ2n) is 9.28. The van der Waals surface area contributed by atoms with Crippen molar-refractivity contribution in [2.45, 2.75) is 38.3 Å². The van der Waals surface area contributed by atoms with Gasteiger partial charge in [0.2, 0.25) is 0 Å². The molecule has 1 aromatic carbocycles. The molecule has 1 saturated heterocycles. The van der Waals surface area contributed by atoms with E-state index in [-0.39, 0.29) is 17.8 Å². The third-order valence-electron chi connectivity index (χ3n) is 6.95. The summed E-state index contributed by atoms with van der Waals surface area (Å²) >= 11 is 0. The fourth-order valence-electron chi connectivity index (χ4n) is 5.17. The van der Waals surface area contributed by atoms with Crippen molar-refractivity contribution in [3.8, 4) is 28.5 Å². The third kappa shape index (κ3) is 3.51. The molecule has 6 rings (SSSR count). The lowest BCUT2D eigenvalue weighted by molar-refractivity contribution is -0.00709. The second-order valence-corrected chi connectivity index (χ2v) is 9.28. The van der Waals surface area contributed by atoms with Crippen molar-refractivity contribution in [1.29, 1.82) is 5.26 Å². The van der Waals surface area contributed by atoms with Gasteiger partial charge in [0.05, 0.1) is 30.1 Å². The van der Waals surface area contributed by atoms with E-state index in [1.54, 1.807) is 32.4 Å². The van der Waals surface area contributed by atoms with Gasteiger partial charge in [-0.15, -0.1) is 0 Å². The highest BCUT2D eigenvalue weighted by Crippen LogP contribution is 2.39. The molecule has 0 aliphatic carbocycles. The van der Waals surface area contributed by atoms with Crippen molar-refractivity contribution in [1.82, 2.24) is 29.1 Å². The molecule has 0 N–H and O–H groups in total. The molecule has 0 saturated carbocycles. The summed E-state index contributed by atoms with van der Waals surface area (Å²) in [5.74, 6) is 0. The van der Waals surface area contributed by atoms with Crippen LogP contribution in [0, 0.1) is 11.3 Å². The van der Waals surface area contributed by atoms with Gasteiger partial charge < -0.3 is 9.15 Å². The summed E-state index contributed by atoms with van der Waals surface area (Å²) in [7, 11) is 3.65. The largest absolute Gasteiger partial charge is 0.452 e. The summed E-state index contributed by atoms with van der Waals surface area (Å²) in [6, 6.07) is 5.87. The number of nitriles is 1. The number of hydrogen-bond acceptors (Lipinski definition) is 7. The molecular weight excluding hydrogens is 458 g/mol. The first kappa shape index (κ1) is 22.2. The third-order valence-corrected chi connectivity index (χ3v) is 6.95. The van der Waals surface area contributed by atoms with Gasteiger partial charge in [-0.2, -0.15) is 20.4 Å². The Hall–Kier alpha value is -4.23. The van der Waals surface area contributed by atoms with Crippen LogP contribution < -0.4 is 5.69 Å². The predicted octanol–water partition coefficient (Wildman–Crippen LogP) is 3.95. The fraction of sp³-hybridized carbons (Fsp3) is 0.346. The van der Waals surface area contributed by atoms with Gasteiger partial charge in [-0.1, -0.05) is 6.92 Å². The SMILES string of the molecule is CCC1CC(n2c(=O)nc(-c3cnn(C)c3)c3oc4cc(C#N)c(-c5cnn(C)c5)cc4c32)CCO1. The van der Waals surface area contributed by atoms with Crippen molar-refractivity contribution in [2.24, 2.45) is 14.1 Å².